The number of piperidine rings is 1. The van der Waals surface area contributed by atoms with Gasteiger partial charge in [0.1, 0.15) is 6.04 Å². The first-order chi connectivity index (χ1) is 8.85. The summed E-state index contributed by atoms with van der Waals surface area (Å²) in [5.41, 5.74) is 5.20. The van der Waals surface area contributed by atoms with Gasteiger partial charge in [0.2, 0.25) is 5.91 Å². The van der Waals surface area contributed by atoms with Crippen LogP contribution in [0.25, 0.3) is 0 Å². The van der Waals surface area contributed by atoms with Gasteiger partial charge in [-0.2, -0.15) is 13.5 Å². The Morgan fingerprint density at radius 3 is 2.74 bits per heavy atom. The molecule has 0 unspecified atom stereocenters. The van der Waals surface area contributed by atoms with Gasteiger partial charge < -0.3 is 10.6 Å². The second kappa shape index (κ2) is 4.94. The summed E-state index contributed by atoms with van der Waals surface area (Å²) in [4.78, 5) is 24.4. The van der Waals surface area contributed by atoms with Gasteiger partial charge in [0.25, 0.3) is 0 Å². The molecule has 2 atom stereocenters. The van der Waals surface area contributed by atoms with Crippen LogP contribution >= 0.6 is 0 Å². The lowest BCUT2D eigenvalue weighted by Crippen LogP contribution is -2.47. The minimum atomic E-state index is -4.26. The van der Waals surface area contributed by atoms with Gasteiger partial charge in [0.05, 0.1) is 12.6 Å². The van der Waals surface area contributed by atoms with E-state index in [4.69, 9.17) is 5.73 Å². The third-order valence-electron chi connectivity index (χ3n) is 3.09. The highest BCUT2D eigenvalue weighted by Gasteiger charge is 2.49. The van der Waals surface area contributed by atoms with Gasteiger partial charge in [-0.3, -0.25) is 4.79 Å². The molecule has 0 radical (unpaired) electrons. The lowest BCUT2D eigenvalue weighted by atomic mass is 10.0. The molecule has 2 N–H and O–H groups in total. The predicted octanol–water partition coefficient (Wildman–Crippen LogP) is -1.05. The average molecular weight is 293 g/mol. The molecule has 2 aliphatic heterocycles. The van der Waals surface area contributed by atoms with Crippen LogP contribution in [0, 0.1) is 0 Å². The molecule has 0 spiro atoms. The van der Waals surface area contributed by atoms with Crippen LogP contribution in [0.2, 0.25) is 0 Å². The van der Waals surface area contributed by atoms with Crippen LogP contribution in [0.5, 0.6) is 0 Å². The van der Waals surface area contributed by atoms with Gasteiger partial charge in [0, 0.05) is 6.54 Å². The number of hydrogen-bond donors (Lipinski definition) is 1. The molecule has 2 rings (SSSR count). The zero-order valence-electron chi connectivity index (χ0n) is 10.3. The van der Waals surface area contributed by atoms with E-state index in [-0.39, 0.29) is 13.2 Å². The molecule has 19 heavy (non-hydrogen) atoms. The molecule has 0 aliphatic carbocycles. The molecule has 2 heterocycles. The highest BCUT2D eigenvalue weighted by Crippen LogP contribution is 2.30. The minimum absolute atomic E-state index is 0.0946. The lowest BCUT2D eigenvalue weighted by Gasteiger charge is -2.27. The molecule has 0 aromatic carbocycles. The first-order valence-corrected chi connectivity index (χ1v) is 7.17. The summed E-state index contributed by atoms with van der Waals surface area (Å²) in [6.07, 6.45) is 0.831. The number of amides is 3. The molecule has 2 fully saturated rings. The largest absolute Gasteiger partial charge is 0.421 e. The number of urea groups is 1. The van der Waals surface area contributed by atoms with Crippen molar-refractivity contribution >= 4 is 22.3 Å². The van der Waals surface area contributed by atoms with Crippen molar-refractivity contribution in [3.63, 3.8) is 0 Å². The zero-order valence-corrected chi connectivity index (χ0v) is 11.1. The Morgan fingerprint density at radius 1 is 1.47 bits per heavy atom. The summed E-state index contributed by atoms with van der Waals surface area (Å²) in [6.45, 7) is 1.61. The summed E-state index contributed by atoms with van der Waals surface area (Å²) < 4.78 is 31.8. The number of nitrogens with zero attached hydrogens (tertiary/aromatic N) is 2. The predicted molar refractivity (Wildman–Crippen MR) is 61.6 cm³/mol. The number of fused-ring (bicyclic) bond motifs is 2. The third kappa shape index (κ3) is 2.65. The van der Waals surface area contributed by atoms with Crippen molar-refractivity contribution in [3.05, 3.63) is 0 Å². The summed E-state index contributed by atoms with van der Waals surface area (Å²) in [5, 5.41) is 0.744. The maximum atomic E-state index is 12.0. The van der Waals surface area contributed by atoms with E-state index in [0.29, 0.717) is 12.8 Å². The summed E-state index contributed by atoms with van der Waals surface area (Å²) in [6, 6.07) is -1.82. The maximum Gasteiger partial charge on any atom is 0.421 e. The molecular weight excluding hydrogens is 278 g/mol. The smallest absolute Gasteiger partial charge is 0.368 e. The number of nitrogens with two attached hydrogens (primary N) is 1. The van der Waals surface area contributed by atoms with E-state index in [9.17, 15) is 18.0 Å². The van der Waals surface area contributed by atoms with Crippen LogP contribution in [-0.2, 0) is 23.7 Å². The number of carbonyl (C=O) groups is 2. The van der Waals surface area contributed by atoms with E-state index < -0.39 is 34.4 Å². The monoisotopic (exact) mass is 293 g/mol. The molecule has 2 bridgehead atoms. The number of carbonyl (C=O) groups excluding carboxylic acids is 2. The van der Waals surface area contributed by atoms with Crippen LogP contribution in [0.1, 0.15) is 19.8 Å². The van der Waals surface area contributed by atoms with E-state index in [0.717, 1.165) is 5.06 Å². The molecule has 0 aromatic rings. The summed E-state index contributed by atoms with van der Waals surface area (Å²) in [5.74, 6) is -0.610. The average Bonchev–Trinajstić information content (AvgIpc) is 2.54. The van der Waals surface area contributed by atoms with Gasteiger partial charge in [-0.05, 0) is 19.8 Å². The molecule has 10 heteroatoms. The van der Waals surface area contributed by atoms with Crippen molar-refractivity contribution in [1.29, 1.82) is 0 Å². The topological polar surface area (TPSA) is 119 Å². The molecule has 108 valence electrons. The maximum absolute atomic E-state index is 12.0. The summed E-state index contributed by atoms with van der Waals surface area (Å²) in [7, 11) is -4.26. The summed E-state index contributed by atoms with van der Waals surface area (Å²) >= 11 is 0. The van der Waals surface area contributed by atoms with Crippen LogP contribution in [0.3, 0.4) is 0 Å². The highest BCUT2D eigenvalue weighted by atomic mass is 32.3. The van der Waals surface area contributed by atoms with Crippen molar-refractivity contribution in [2.45, 2.75) is 31.8 Å². The van der Waals surface area contributed by atoms with E-state index in [1.807, 2.05) is 0 Å². The molecule has 9 nitrogen and oxygen atoms in total. The van der Waals surface area contributed by atoms with Gasteiger partial charge in [-0.15, -0.1) is 4.28 Å². The van der Waals surface area contributed by atoms with E-state index in [2.05, 4.69) is 8.47 Å². The Labute approximate surface area is 110 Å². The Balaban J connectivity index is 2.13. The number of rotatable bonds is 5. The van der Waals surface area contributed by atoms with Crippen molar-refractivity contribution in [1.82, 2.24) is 9.96 Å². The first kappa shape index (κ1) is 14.0. The van der Waals surface area contributed by atoms with Crippen molar-refractivity contribution < 1.29 is 26.5 Å². The Bertz CT molecular complexity index is 492. The Hall–Kier alpha value is -1.39. The zero-order chi connectivity index (χ0) is 14.2. The van der Waals surface area contributed by atoms with Gasteiger partial charge in [0.15, 0.2) is 0 Å². The Kier molecular flexibility index (Phi) is 3.65. The van der Waals surface area contributed by atoms with Crippen molar-refractivity contribution in [3.8, 4) is 0 Å². The molecular formula is C9H15N3O6S. The Morgan fingerprint density at radius 2 is 2.16 bits per heavy atom. The fourth-order valence-corrected chi connectivity index (χ4v) is 3.00. The minimum Gasteiger partial charge on any atom is -0.368 e. The van der Waals surface area contributed by atoms with E-state index in [1.54, 1.807) is 0 Å². The molecule has 2 aliphatic rings. The number of hydroxylamine groups is 2. The van der Waals surface area contributed by atoms with Crippen LogP contribution in [-0.4, -0.2) is 55.6 Å². The fourth-order valence-electron chi connectivity index (χ4n) is 2.29. The SMILES string of the molecule is CCOS(=O)(=O)ON1C(=O)N2C[C@H]1CC[C@H]2C(N)=O. The fraction of sp³-hybridized carbons (Fsp3) is 0.778. The second-order valence-electron chi connectivity index (χ2n) is 4.30. The van der Waals surface area contributed by atoms with Gasteiger partial charge >= 0.3 is 16.4 Å². The highest BCUT2D eigenvalue weighted by molar-refractivity contribution is 7.81. The standard InChI is InChI=1S/C9H15N3O6S/c1-2-17-19(15,16)18-12-6-3-4-7(8(10)13)11(5-6)9(12)14/h6-7H,2-5H2,1H3,(H2,10,13)/t6-,7+/m1/s1. The number of primary amides is 1. The van der Waals surface area contributed by atoms with E-state index >= 15 is 0 Å². The normalized spacial score (nSPS) is 26.9. The van der Waals surface area contributed by atoms with E-state index in [1.165, 1.54) is 11.8 Å². The third-order valence-corrected chi connectivity index (χ3v) is 3.95. The second-order valence-corrected chi connectivity index (χ2v) is 5.50. The molecule has 2 saturated heterocycles. The van der Waals surface area contributed by atoms with Crippen molar-refractivity contribution in [2.75, 3.05) is 13.2 Å². The van der Waals surface area contributed by atoms with Crippen LogP contribution in [0.15, 0.2) is 0 Å². The van der Waals surface area contributed by atoms with Crippen LogP contribution in [0.4, 0.5) is 4.79 Å². The first-order valence-electron chi connectivity index (χ1n) is 5.84. The molecule has 3 amide bonds. The van der Waals surface area contributed by atoms with Crippen molar-refractivity contribution in [2.24, 2.45) is 5.73 Å². The molecule has 0 aromatic heterocycles. The lowest BCUT2D eigenvalue weighted by molar-refractivity contribution is -0.122. The quantitative estimate of drug-likeness (QED) is 0.691. The molecule has 0 saturated carbocycles. The van der Waals surface area contributed by atoms with Gasteiger partial charge in [-0.25, -0.2) is 8.98 Å². The number of hydrogen-bond acceptors (Lipinski definition) is 6. The van der Waals surface area contributed by atoms with Crippen LogP contribution < -0.4 is 5.73 Å². The van der Waals surface area contributed by atoms with Gasteiger partial charge in [-0.1, -0.05) is 0 Å².